The molecule has 174 valence electrons. The van der Waals surface area contributed by atoms with E-state index in [-0.39, 0.29) is 17.1 Å². The van der Waals surface area contributed by atoms with Crippen LogP contribution in [0.1, 0.15) is 56.5 Å². The zero-order valence-corrected chi connectivity index (χ0v) is 20.4. The Morgan fingerprint density at radius 2 is 1.53 bits per heavy atom. The number of anilines is 2. The predicted octanol–water partition coefficient (Wildman–Crippen LogP) is 4.49. The highest BCUT2D eigenvalue weighted by molar-refractivity contribution is 7.92. The number of hydrogen-bond donors (Lipinski definition) is 1. The molecule has 1 aliphatic rings. The van der Waals surface area contributed by atoms with Gasteiger partial charge < -0.3 is 9.80 Å². The summed E-state index contributed by atoms with van der Waals surface area (Å²) in [6, 6.07) is 15.4. The van der Waals surface area contributed by atoms with Gasteiger partial charge in [-0.1, -0.05) is 46.2 Å². The average molecular weight is 458 g/mol. The third-order valence-corrected chi connectivity index (χ3v) is 7.21. The topological polar surface area (TPSA) is 69.7 Å². The van der Waals surface area contributed by atoms with Gasteiger partial charge in [-0.15, -0.1) is 0 Å². The van der Waals surface area contributed by atoms with Crippen LogP contribution < -0.4 is 9.62 Å². The lowest BCUT2D eigenvalue weighted by Gasteiger charge is -2.36. The number of nitrogens with one attached hydrogen (secondary N) is 1. The number of rotatable bonds is 7. The van der Waals surface area contributed by atoms with Crippen LogP contribution in [0.4, 0.5) is 11.4 Å². The molecule has 0 radical (unpaired) electrons. The third-order valence-electron chi connectivity index (χ3n) is 5.84. The largest absolute Gasteiger partial charge is 0.368 e. The van der Waals surface area contributed by atoms with E-state index >= 15 is 0 Å². The fourth-order valence-corrected chi connectivity index (χ4v) is 5.03. The van der Waals surface area contributed by atoms with Crippen molar-refractivity contribution in [3.63, 3.8) is 0 Å². The summed E-state index contributed by atoms with van der Waals surface area (Å²) in [4.78, 5) is 17.0. The van der Waals surface area contributed by atoms with E-state index in [9.17, 15) is 13.2 Å². The van der Waals surface area contributed by atoms with Gasteiger partial charge in [0.15, 0.2) is 0 Å². The second kappa shape index (κ2) is 9.94. The van der Waals surface area contributed by atoms with Crippen molar-refractivity contribution in [2.75, 3.05) is 41.6 Å². The van der Waals surface area contributed by atoms with Crippen LogP contribution in [-0.4, -0.2) is 51.2 Å². The molecule has 1 aliphatic heterocycles. The van der Waals surface area contributed by atoms with E-state index in [1.54, 1.807) is 12.1 Å². The Morgan fingerprint density at radius 1 is 0.938 bits per heavy atom. The third kappa shape index (κ3) is 6.25. The van der Waals surface area contributed by atoms with Crippen LogP contribution >= 0.6 is 0 Å². The molecule has 0 unspecified atom stereocenters. The highest BCUT2D eigenvalue weighted by Crippen LogP contribution is 2.24. The Hall–Kier alpha value is -2.54. The van der Waals surface area contributed by atoms with Gasteiger partial charge in [0.05, 0.1) is 5.75 Å². The summed E-state index contributed by atoms with van der Waals surface area (Å²) in [5.41, 5.74) is 3.62. The lowest BCUT2D eigenvalue weighted by Crippen LogP contribution is -2.48. The maximum Gasteiger partial charge on any atom is 0.253 e. The molecule has 0 atom stereocenters. The van der Waals surface area contributed by atoms with E-state index in [1.807, 2.05) is 48.2 Å². The van der Waals surface area contributed by atoms with Crippen molar-refractivity contribution in [2.45, 2.75) is 46.0 Å². The van der Waals surface area contributed by atoms with Crippen LogP contribution in [0, 0.1) is 0 Å². The van der Waals surface area contributed by atoms with Gasteiger partial charge >= 0.3 is 0 Å². The normalized spacial score (nSPS) is 15.0. The zero-order chi connectivity index (χ0) is 23.4. The summed E-state index contributed by atoms with van der Waals surface area (Å²) in [6.07, 6.45) is 1.49. The monoisotopic (exact) mass is 457 g/mol. The van der Waals surface area contributed by atoms with E-state index in [4.69, 9.17) is 0 Å². The van der Waals surface area contributed by atoms with Gasteiger partial charge in [-0.2, -0.15) is 0 Å². The second-order valence-corrected chi connectivity index (χ2v) is 11.3. The van der Waals surface area contributed by atoms with Crippen LogP contribution in [0.5, 0.6) is 0 Å². The van der Waals surface area contributed by atoms with Gasteiger partial charge in [0.2, 0.25) is 10.0 Å². The average Bonchev–Trinajstić information content (AvgIpc) is 2.77. The molecule has 2 aromatic rings. The van der Waals surface area contributed by atoms with Gasteiger partial charge in [-0.05, 0) is 53.8 Å². The van der Waals surface area contributed by atoms with Gasteiger partial charge in [-0.3, -0.25) is 9.52 Å². The van der Waals surface area contributed by atoms with Gasteiger partial charge in [0.25, 0.3) is 5.91 Å². The molecule has 0 aromatic heterocycles. The number of unbranched alkanes of at least 4 members (excludes halogenated alkanes) is 1. The number of piperazine rings is 1. The maximum absolute atomic E-state index is 12.9. The minimum atomic E-state index is -3.30. The Kier molecular flexibility index (Phi) is 7.49. The van der Waals surface area contributed by atoms with E-state index in [1.165, 1.54) is 5.56 Å². The molecule has 0 bridgehead atoms. The molecule has 0 aliphatic carbocycles. The molecule has 0 spiro atoms. The molecule has 1 saturated heterocycles. The molecule has 3 rings (SSSR count). The molecule has 7 heteroatoms. The second-order valence-electron chi connectivity index (χ2n) is 9.43. The molecular formula is C25H35N3O3S. The number of sulfonamides is 1. The Morgan fingerprint density at radius 3 is 2.06 bits per heavy atom. The first kappa shape index (κ1) is 24.1. The number of carbonyl (C=O) groups excluding carboxylic acids is 1. The van der Waals surface area contributed by atoms with Crippen molar-refractivity contribution < 1.29 is 13.2 Å². The first-order valence-corrected chi connectivity index (χ1v) is 13.0. The number of amides is 1. The first-order chi connectivity index (χ1) is 15.1. The number of carbonyl (C=O) groups is 1. The molecule has 6 nitrogen and oxygen atoms in total. The molecule has 1 heterocycles. The highest BCUT2D eigenvalue weighted by atomic mass is 32.2. The van der Waals surface area contributed by atoms with Crippen molar-refractivity contribution in [1.29, 1.82) is 0 Å². The lowest BCUT2D eigenvalue weighted by molar-refractivity contribution is 0.0746. The SMILES string of the molecule is CCCCS(=O)(=O)Nc1ccc(N2CCN(C(=O)c3ccc(C(C)(C)C)cc3)CC2)cc1. The molecule has 2 aromatic carbocycles. The van der Waals surface area contributed by atoms with Crippen molar-refractivity contribution in [3.05, 3.63) is 59.7 Å². The molecular weight excluding hydrogens is 422 g/mol. The fourth-order valence-electron chi connectivity index (χ4n) is 3.77. The Labute approximate surface area is 192 Å². The van der Waals surface area contributed by atoms with Crippen LogP contribution in [-0.2, 0) is 15.4 Å². The minimum absolute atomic E-state index is 0.0674. The highest BCUT2D eigenvalue weighted by Gasteiger charge is 2.23. The Balaban J connectivity index is 1.55. The quantitative estimate of drug-likeness (QED) is 0.665. The first-order valence-electron chi connectivity index (χ1n) is 11.3. The van der Waals surface area contributed by atoms with Crippen molar-refractivity contribution in [1.82, 2.24) is 4.90 Å². The van der Waals surface area contributed by atoms with Gasteiger partial charge in [0.1, 0.15) is 0 Å². The summed E-state index contributed by atoms with van der Waals surface area (Å²) >= 11 is 0. The van der Waals surface area contributed by atoms with Crippen molar-refractivity contribution >= 4 is 27.3 Å². The lowest BCUT2D eigenvalue weighted by atomic mass is 9.86. The molecule has 0 saturated carbocycles. The van der Waals surface area contributed by atoms with Crippen LogP contribution in [0.25, 0.3) is 0 Å². The summed E-state index contributed by atoms with van der Waals surface area (Å²) in [6.45, 7) is 11.3. The smallest absolute Gasteiger partial charge is 0.253 e. The number of benzene rings is 2. The van der Waals surface area contributed by atoms with Crippen molar-refractivity contribution in [2.24, 2.45) is 0 Å². The molecule has 32 heavy (non-hydrogen) atoms. The van der Waals surface area contributed by atoms with E-state index in [0.717, 1.165) is 30.8 Å². The zero-order valence-electron chi connectivity index (χ0n) is 19.6. The molecule has 1 fully saturated rings. The Bertz CT molecular complexity index is 1000. The van der Waals surface area contributed by atoms with Crippen LogP contribution in [0.2, 0.25) is 0 Å². The van der Waals surface area contributed by atoms with Crippen LogP contribution in [0.3, 0.4) is 0 Å². The summed E-state index contributed by atoms with van der Waals surface area (Å²) in [5.74, 6) is 0.210. The molecule has 1 amide bonds. The predicted molar refractivity (Wildman–Crippen MR) is 132 cm³/mol. The number of nitrogens with zero attached hydrogens (tertiary/aromatic N) is 2. The number of hydrogen-bond acceptors (Lipinski definition) is 4. The summed E-state index contributed by atoms with van der Waals surface area (Å²) < 4.78 is 26.8. The summed E-state index contributed by atoms with van der Waals surface area (Å²) in [5, 5.41) is 0. The van der Waals surface area contributed by atoms with Gasteiger partial charge in [-0.25, -0.2) is 8.42 Å². The van der Waals surface area contributed by atoms with Crippen molar-refractivity contribution in [3.8, 4) is 0 Å². The van der Waals surface area contributed by atoms with Gasteiger partial charge in [0, 0.05) is 43.1 Å². The van der Waals surface area contributed by atoms with E-state index in [0.29, 0.717) is 25.2 Å². The van der Waals surface area contributed by atoms with E-state index in [2.05, 4.69) is 30.4 Å². The molecule has 1 N–H and O–H groups in total. The van der Waals surface area contributed by atoms with E-state index < -0.39 is 10.0 Å². The van der Waals surface area contributed by atoms with Crippen LogP contribution in [0.15, 0.2) is 48.5 Å². The fraction of sp³-hybridized carbons (Fsp3) is 0.480. The summed E-state index contributed by atoms with van der Waals surface area (Å²) in [7, 11) is -3.30. The standard InChI is InChI=1S/C25H35N3O3S/c1-5-6-19-32(30,31)26-22-11-13-23(14-12-22)27-15-17-28(18-16-27)24(29)20-7-9-21(10-8-20)25(2,3)4/h7-14,26H,5-6,15-19H2,1-4H3. The maximum atomic E-state index is 12.9. The minimum Gasteiger partial charge on any atom is -0.368 e.